The number of hydrogen-bond donors (Lipinski definition) is 0. The van der Waals surface area contributed by atoms with Crippen molar-refractivity contribution >= 4 is 19.2 Å². The first-order valence-electron chi connectivity index (χ1n) is 7.20. The minimum atomic E-state index is -1.86. The van der Waals surface area contributed by atoms with E-state index in [0.29, 0.717) is 17.6 Å². The summed E-state index contributed by atoms with van der Waals surface area (Å²) in [6.45, 7) is 11.3. The highest BCUT2D eigenvalue weighted by Gasteiger charge is 2.37. The van der Waals surface area contributed by atoms with Crippen LogP contribution in [-0.4, -0.2) is 17.9 Å². The molecule has 0 bridgehead atoms. The van der Waals surface area contributed by atoms with Crippen molar-refractivity contribution in [2.45, 2.75) is 45.5 Å². The first-order valence-corrected chi connectivity index (χ1v) is 10.1. The van der Waals surface area contributed by atoms with Crippen LogP contribution in [0.3, 0.4) is 0 Å². The summed E-state index contributed by atoms with van der Waals surface area (Å²) in [6, 6.07) is 1.86. The lowest BCUT2D eigenvalue weighted by atomic mass is 10.2. The molecular weight excluding hydrogens is 280 g/mol. The predicted molar refractivity (Wildman–Crippen MR) is 89.0 cm³/mol. The van der Waals surface area contributed by atoms with Gasteiger partial charge in [-0.2, -0.15) is 0 Å². The smallest absolute Gasteiger partial charge is 0.196 e. The molecule has 0 aliphatic heterocycles. The van der Waals surface area contributed by atoms with Gasteiger partial charge in [0.1, 0.15) is 0 Å². The van der Waals surface area contributed by atoms with Crippen molar-refractivity contribution < 1.29 is 4.43 Å². The van der Waals surface area contributed by atoms with E-state index >= 15 is 0 Å². The Morgan fingerprint density at radius 3 is 2.62 bits per heavy atom. The van der Waals surface area contributed by atoms with Gasteiger partial charge in [-0.05, 0) is 24.2 Å². The lowest BCUT2D eigenvalue weighted by Crippen LogP contribution is -2.40. The number of nitrogens with zero attached hydrogens (tertiary/aromatic N) is 2. The molecule has 0 spiro atoms. The molecule has 2 aromatic rings. The van der Waals surface area contributed by atoms with E-state index in [-0.39, 0.29) is 10.5 Å². The van der Waals surface area contributed by atoms with Crippen molar-refractivity contribution in [2.24, 2.45) is 7.05 Å². The maximum Gasteiger partial charge on any atom is 0.196 e. The fraction of sp³-hybridized carbons (Fsp3) is 0.500. The maximum atomic E-state index is 12.5. The topological polar surface area (TPSA) is 44.1 Å². The van der Waals surface area contributed by atoms with Gasteiger partial charge < -0.3 is 8.99 Å². The summed E-state index contributed by atoms with van der Waals surface area (Å²) < 4.78 is 8.13. The van der Waals surface area contributed by atoms with Gasteiger partial charge in [0.25, 0.3) is 0 Å². The molecule has 0 saturated heterocycles. The Balaban J connectivity index is 2.37. The third-order valence-corrected chi connectivity index (χ3v) is 8.94. The highest BCUT2D eigenvalue weighted by molar-refractivity contribution is 6.74. The number of aryl methyl sites for hydroxylation is 1. The van der Waals surface area contributed by atoms with Gasteiger partial charge >= 0.3 is 0 Å². The van der Waals surface area contributed by atoms with Gasteiger partial charge in [0, 0.05) is 31.2 Å². The van der Waals surface area contributed by atoms with Crippen molar-refractivity contribution in [3.05, 3.63) is 40.4 Å². The van der Waals surface area contributed by atoms with Gasteiger partial charge in [-0.1, -0.05) is 20.8 Å². The van der Waals surface area contributed by atoms with Crippen LogP contribution in [0, 0.1) is 0 Å². The molecule has 2 heterocycles. The van der Waals surface area contributed by atoms with E-state index < -0.39 is 8.32 Å². The summed E-state index contributed by atoms with van der Waals surface area (Å²) in [7, 11) is 0.0828. The second kappa shape index (κ2) is 5.39. The molecule has 0 amide bonds. The van der Waals surface area contributed by atoms with Crippen LogP contribution in [0.1, 0.15) is 26.3 Å². The second-order valence-corrected chi connectivity index (χ2v) is 11.8. The van der Waals surface area contributed by atoms with Crippen molar-refractivity contribution in [3.8, 4) is 0 Å². The van der Waals surface area contributed by atoms with Gasteiger partial charge in [0.15, 0.2) is 13.7 Å². The molecule has 2 rings (SSSR count). The third-order valence-electron chi connectivity index (χ3n) is 4.46. The van der Waals surface area contributed by atoms with Crippen LogP contribution in [0.25, 0.3) is 10.9 Å². The van der Waals surface area contributed by atoms with Crippen LogP contribution in [0.15, 0.2) is 29.5 Å². The largest absolute Gasteiger partial charge is 0.412 e. The molecule has 0 aromatic carbocycles. The summed E-state index contributed by atoms with van der Waals surface area (Å²) >= 11 is 0. The number of rotatable bonds is 3. The molecule has 0 unspecified atom stereocenters. The second-order valence-electron chi connectivity index (χ2n) is 7.04. The van der Waals surface area contributed by atoms with Crippen LogP contribution in [0.2, 0.25) is 18.1 Å². The zero-order valence-corrected chi connectivity index (χ0v) is 14.7. The van der Waals surface area contributed by atoms with Gasteiger partial charge in [0.05, 0.1) is 17.5 Å². The van der Waals surface area contributed by atoms with Crippen LogP contribution in [0.4, 0.5) is 0 Å². The predicted octanol–water partition coefficient (Wildman–Crippen LogP) is 3.46. The number of aromatic nitrogens is 2. The summed E-state index contributed by atoms with van der Waals surface area (Å²) in [6.07, 6.45) is 5.21. The monoisotopic (exact) mass is 304 g/mol. The average Bonchev–Trinajstić information content (AvgIpc) is 2.40. The first-order chi connectivity index (χ1) is 9.63. The minimum absolute atomic E-state index is 0.0231. The van der Waals surface area contributed by atoms with E-state index in [1.807, 2.05) is 23.9 Å². The highest BCUT2D eigenvalue weighted by atomic mass is 28.4. The lowest BCUT2D eigenvalue weighted by molar-refractivity contribution is 0.275. The summed E-state index contributed by atoms with van der Waals surface area (Å²) in [5.41, 5.74) is 1.61. The van der Waals surface area contributed by atoms with Crippen LogP contribution in [-0.2, 0) is 18.1 Å². The van der Waals surface area contributed by atoms with Crippen molar-refractivity contribution in [1.82, 2.24) is 9.55 Å². The normalized spacial score (nSPS) is 12.9. The molecule has 0 N–H and O–H groups in total. The number of pyridine rings is 2. The Bertz CT molecular complexity index is 714. The molecule has 0 aliphatic rings. The third kappa shape index (κ3) is 3.08. The zero-order valence-electron chi connectivity index (χ0n) is 13.7. The van der Waals surface area contributed by atoms with Gasteiger partial charge in [-0.25, -0.2) is 0 Å². The highest BCUT2D eigenvalue weighted by Crippen LogP contribution is 2.36. The average molecular weight is 304 g/mol. The molecule has 0 saturated carbocycles. The Kier molecular flexibility index (Phi) is 4.08. The molecular formula is C16H24N2O2Si. The van der Waals surface area contributed by atoms with Crippen molar-refractivity contribution in [2.75, 3.05) is 0 Å². The van der Waals surface area contributed by atoms with E-state index in [1.165, 1.54) is 0 Å². The molecule has 21 heavy (non-hydrogen) atoms. The fourth-order valence-electron chi connectivity index (χ4n) is 1.98. The van der Waals surface area contributed by atoms with Crippen LogP contribution >= 0.6 is 0 Å². The first kappa shape index (κ1) is 15.9. The molecule has 0 fully saturated rings. The number of fused-ring (bicyclic) bond motifs is 1. The molecule has 0 radical (unpaired) electrons. The zero-order chi connectivity index (χ0) is 15.8. The Hall–Kier alpha value is -1.46. The van der Waals surface area contributed by atoms with Crippen LogP contribution in [0.5, 0.6) is 0 Å². The lowest BCUT2D eigenvalue weighted by Gasteiger charge is -2.36. The summed E-state index contributed by atoms with van der Waals surface area (Å²) in [5.74, 6) is 0. The molecule has 0 atom stereocenters. The van der Waals surface area contributed by atoms with E-state index in [4.69, 9.17) is 4.43 Å². The van der Waals surface area contributed by atoms with Crippen LogP contribution < -0.4 is 5.43 Å². The SMILES string of the molecule is Cn1cc(CO[Si](C)(C)C(C)(C)C)c(=O)c2cnccc21. The molecule has 0 aliphatic carbocycles. The Labute approximate surface area is 126 Å². The quantitative estimate of drug-likeness (QED) is 0.816. The maximum absolute atomic E-state index is 12.5. The summed E-state index contributed by atoms with van der Waals surface area (Å²) in [5, 5.41) is 0.785. The van der Waals surface area contributed by atoms with Crippen molar-refractivity contribution in [1.29, 1.82) is 0 Å². The number of hydrogen-bond acceptors (Lipinski definition) is 3. The molecule has 5 heteroatoms. The minimum Gasteiger partial charge on any atom is -0.412 e. The van der Waals surface area contributed by atoms with E-state index in [0.717, 1.165) is 5.52 Å². The standard InChI is InChI=1S/C16H24N2O2Si/c1-16(2,3)21(5,6)20-11-12-10-18(4)14-7-8-17-9-13(14)15(12)19/h7-10H,11H2,1-6H3. The van der Waals surface area contributed by atoms with Gasteiger partial charge in [-0.15, -0.1) is 0 Å². The van der Waals surface area contributed by atoms with E-state index in [1.54, 1.807) is 12.4 Å². The van der Waals surface area contributed by atoms with E-state index in [2.05, 4.69) is 38.8 Å². The van der Waals surface area contributed by atoms with E-state index in [9.17, 15) is 4.79 Å². The fourth-order valence-corrected chi connectivity index (χ4v) is 2.93. The van der Waals surface area contributed by atoms with Gasteiger partial charge in [0.2, 0.25) is 0 Å². The Morgan fingerprint density at radius 2 is 2.00 bits per heavy atom. The summed E-state index contributed by atoms with van der Waals surface area (Å²) in [4.78, 5) is 16.6. The molecule has 2 aromatic heterocycles. The Morgan fingerprint density at radius 1 is 1.33 bits per heavy atom. The molecule has 4 nitrogen and oxygen atoms in total. The molecule has 114 valence electrons. The van der Waals surface area contributed by atoms with Crippen molar-refractivity contribution in [3.63, 3.8) is 0 Å². The van der Waals surface area contributed by atoms with Gasteiger partial charge in [-0.3, -0.25) is 9.78 Å².